The summed E-state index contributed by atoms with van der Waals surface area (Å²) in [6.45, 7) is 2.60. The van der Waals surface area contributed by atoms with Crippen LogP contribution in [0.2, 0.25) is 0 Å². The summed E-state index contributed by atoms with van der Waals surface area (Å²) in [4.78, 5) is 17.2. The highest BCUT2D eigenvalue weighted by Crippen LogP contribution is 2.12. The first-order valence-corrected chi connectivity index (χ1v) is 7.96. The zero-order valence-electron chi connectivity index (χ0n) is 12.3. The number of nitrogens with one attached hydrogen (secondary N) is 1. The van der Waals surface area contributed by atoms with Gasteiger partial charge < -0.3 is 10.1 Å². The standard InChI is InChI=1S/C16H17N3O2S/c1-12-2-4-14(5-3-12)21-11-15(20)17-7-6-13-10-19-8-9-22-16(19)18-13/h2-5,8-10H,6-7,11H2,1H3,(H,17,20). The normalized spacial score (nSPS) is 10.8. The van der Waals surface area contributed by atoms with Gasteiger partial charge >= 0.3 is 0 Å². The first kappa shape index (κ1) is 14.6. The fourth-order valence-corrected chi connectivity index (χ4v) is 2.78. The molecule has 0 aliphatic carbocycles. The minimum atomic E-state index is -0.124. The molecule has 0 spiro atoms. The second kappa shape index (κ2) is 6.62. The van der Waals surface area contributed by atoms with Crippen molar-refractivity contribution in [2.75, 3.05) is 13.2 Å². The Morgan fingerprint density at radius 3 is 2.95 bits per heavy atom. The maximum Gasteiger partial charge on any atom is 0.257 e. The molecule has 22 heavy (non-hydrogen) atoms. The zero-order chi connectivity index (χ0) is 15.4. The quantitative estimate of drug-likeness (QED) is 0.760. The highest BCUT2D eigenvalue weighted by molar-refractivity contribution is 7.15. The second-order valence-electron chi connectivity index (χ2n) is 5.03. The Labute approximate surface area is 132 Å². The van der Waals surface area contributed by atoms with Crippen LogP contribution in [0.25, 0.3) is 4.96 Å². The van der Waals surface area contributed by atoms with Gasteiger partial charge in [-0.3, -0.25) is 9.20 Å². The molecule has 3 aromatic rings. The molecule has 0 bridgehead atoms. The number of fused-ring (bicyclic) bond motifs is 1. The van der Waals surface area contributed by atoms with Crippen molar-refractivity contribution in [3.8, 4) is 5.75 Å². The summed E-state index contributed by atoms with van der Waals surface area (Å²) in [5, 5.41) is 4.84. The number of carbonyl (C=O) groups excluding carboxylic acids is 1. The Bertz CT molecular complexity index is 733. The van der Waals surface area contributed by atoms with Crippen molar-refractivity contribution in [3.05, 3.63) is 53.3 Å². The van der Waals surface area contributed by atoms with Crippen molar-refractivity contribution >= 4 is 22.2 Å². The summed E-state index contributed by atoms with van der Waals surface area (Å²) in [6, 6.07) is 7.64. The monoisotopic (exact) mass is 315 g/mol. The molecule has 0 aliphatic rings. The third kappa shape index (κ3) is 3.65. The zero-order valence-corrected chi connectivity index (χ0v) is 13.1. The smallest absolute Gasteiger partial charge is 0.257 e. The molecule has 0 fully saturated rings. The Kier molecular flexibility index (Phi) is 4.39. The lowest BCUT2D eigenvalue weighted by Gasteiger charge is -2.07. The molecule has 0 aliphatic heterocycles. The van der Waals surface area contributed by atoms with Gasteiger partial charge in [0.1, 0.15) is 5.75 Å². The molecule has 0 atom stereocenters. The van der Waals surface area contributed by atoms with Crippen LogP contribution >= 0.6 is 11.3 Å². The van der Waals surface area contributed by atoms with Gasteiger partial charge in [0.25, 0.3) is 5.91 Å². The van der Waals surface area contributed by atoms with Crippen LogP contribution < -0.4 is 10.1 Å². The summed E-state index contributed by atoms with van der Waals surface area (Å²) in [5.74, 6) is 0.580. The minimum Gasteiger partial charge on any atom is -0.484 e. The molecule has 1 amide bonds. The van der Waals surface area contributed by atoms with Crippen molar-refractivity contribution in [1.29, 1.82) is 0 Å². The summed E-state index contributed by atoms with van der Waals surface area (Å²) < 4.78 is 7.42. The van der Waals surface area contributed by atoms with Crippen LogP contribution in [0.15, 0.2) is 42.0 Å². The third-order valence-electron chi connectivity index (χ3n) is 3.24. The molecule has 2 heterocycles. The summed E-state index contributed by atoms with van der Waals surface area (Å²) in [6.07, 6.45) is 4.68. The van der Waals surface area contributed by atoms with Crippen LogP contribution in [0.5, 0.6) is 5.75 Å². The van der Waals surface area contributed by atoms with Crippen molar-refractivity contribution in [3.63, 3.8) is 0 Å². The molecule has 0 unspecified atom stereocenters. The van der Waals surface area contributed by atoms with E-state index in [1.54, 1.807) is 11.3 Å². The SMILES string of the molecule is Cc1ccc(OCC(=O)NCCc2cn3ccsc3n2)cc1. The lowest BCUT2D eigenvalue weighted by atomic mass is 10.2. The maximum atomic E-state index is 11.7. The molecule has 6 heteroatoms. The van der Waals surface area contributed by atoms with E-state index < -0.39 is 0 Å². The minimum absolute atomic E-state index is 0.0291. The number of aryl methyl sites for hydroxylation is 1. The van der Waals surface area contributed by atoms with Gasteiger partial charge in [0.2, 0.25) is 0 Å². The molecule has 2 aromatic heterocycles. The van der Waals surface area contributed by atoms with E-state index in [9.17, 15) is 4.79 Å². The topological polar surface area (TPSA) is 55.6 Å². The van der Waals surface area contributed by atoms with E-state index in [-0.39, 0.29) is 12.5 Å². The number of rotatable bonds is 6. The van der Waals surface area contributed by atoms with E-state index in [0.29, 0.717) is 18.7 Å². The lowest BCUT2D eigenvalue weighted by Crippen LogP contribution is -2.30. The van der Waals surface area contributed by atoms with Gasteiger partial charge in [0, 0.05) is 30.7 Å². The van der Waals surface area contributed by atoms with Crippen LogP contribution in [0.3, 0.4) is 0 Å². The molecule has 0 saturated heterocycles. The van der Waals surface area contributed by atoms with E-state index >= 15 is 0 Å². The first-order chi connectivity index (χ1) is 10.7. The number of hydrogen-bond donors (Lipinski definition) is 1. The molecule has 5 nitrogen and oxygen atoms in total. The van der Waals surface area contributed by atoms with Crippen molar-refractivity contribution in [2.45, 2.75) is 13.3 Å². The van der Waals surface area contributed by atoms with E-state index in [0.717, 1.165) is 16.2 Å². The van der Waals surface area contributed by atoms with Crippen LogP contribution in [-0.4, -0.2) is 28.4 Å². The van der Waals surface area contributed by atoms with Gasteiger partial charge in [0.15, 0.2) is 11.6 Å². The Morgan fingerprint density at radius 2 is 2.18 bits per heavy atom. The second-order valence-corrected chi connectivity index (χ2v) is 5.90. The molecule has 0 saturated carbocycles. The highest BCUT2D eigenvalue weighted by atomic mass is 32.1. The summed E-state index contributed by atoms with van der Waals surface area (Å²) >= 11 is 1.60. The van der Waals surface area contributed by atoms with Crippen molar-refractivity contribution in [1.82, 2.24) is 14.7 Å². The Morgan fingerprint density at radius 1 is 1.36 bits per heavy atom. The average Bonchev–Trinajstić information content (AvgIpc) is 3.08. The van der Waals surface area contributed by atoms with Crippen LogP contribution in [0.4, 0.5) is 0 Å². The maximum absolute atomic E-state index is 11.7. The van der Waals surface area contributed by atoms with Gasteiger partial charge in [-0.15, -0.1) is 11.3 Å². The van der Waals surface area contributed by atoms with Crippen molar-refractivity contribution in [2.24, 2.45) is 0 Å². The Balaban J connectivity index is 1.40. The number of aromatic nitrogens is 2. The molecule has 1 N–H and O–H groups in total. The summed E-state index contributed by atoms with van der Waals surface area (Å²) in [5.41, 5.74) is 2.14. The largest absolute Gasteiger partial charge is 0.484 e. The highest BCUT2D eigenvalue weighted by Gasteiger charge is 2.05. The fraction of sp³-hybridized carbons (Fsp3) is 0.250. The van der Waals surface area contributed by atoms with Gasteiger partial charge in [-0.05, 0) is 19.1 Å². The van der Waals surface area contributed by atoms with Crippen LogP contribution in [0, 0.1) is 6.92 Å². The predicted molar refractivity (Wildman–Crippen MR) is 86.5 cm³/mol. The van der Waals surface area contributed by atoms with E-state index in [1.807, 2.05) is 53.4 Å². The number of carbonyl (C=O) groups is 1. The van der Waals surface area contributed by atoms with E-state index in [2.05, 4.69) is 10.3 Å². The number of thiazole rings is 1. The molecular weight excluding hydrogens is 298 g/mol. The summed E-state index contributed by atoms with van der Waals surface area (Å²) in [7, 11) is 0. The molecule has 0 radical (unpaired) electrons. The molecule has 3 rings (SSSR count). The molecular formula is C16H17N3O2S. The molecule has 114 valence electrons. The number of imidazole rings is 1. The van der Waals surface area contributed by atoms with Gasteiger partial charge in [0.05, 0.1) is 5.69 Å². The van der Waals surface area contributed by atoms with Gasteiger partial charge in [-0.25, -0.2) is 4.98 Å². The number of ether oxygens (including phenoxy) is 1. The Hall–Kier alpha value is -2.34. The number of nitrogens with zero attached hydrogens (tertiary/aromatic N) is 2. The van der Waals surface area contributed by atoms with Crippen molar-refractivity contribution < 1.29 is 9.53 Å². The van der Waals surface area contributed by atoms with Crippen LogP contribution in [0.1, 0.15) is 11.3 Å². The number of benzene rings is 1. The number of hydrogen-bond acceptors (Lipinski definition) is 4. The van der Waals surface area contributed by atoms with Crippen LogP contribution in [-0.2, 0) is 11.2 Å². The first-order valence-electron chi connectivity index (χ1n) is 7.08. The fourth-order valence-electron chi connectivity index (χ4n) is 2.06. The predicted octanol–water partition coefficient (Wildman–Crippen LogP) is 2.44. The van der Waals surface area contributed by atoms with E-state index in [4.69, 9.17) is 4.74 Å². The van der Waals surface area contributed by atoms with Gasteiger partial charge in [-0.1, -0.05) is 17.7 Å². The lowest BCUT2D eigenvalue weighted by molar-refractivity contribution is -0.123. The third-order valence-corrected chi connectivity index (χ3v) is 4.01. The van der Waals surface area contributed by atoms with Gasteiger partial charge in [-0.2, -0.15) is 0 Å². The average molecular weight is 315 g/mol. The number of amides is 1. The van der Waals surface area contributed by atoms with E-state index in [1.165, 1.54) is 0 Å². The molecule has 1 aromatic carbocycles.